The molecule has 1 aliphatic heterocycles. The van der Waals surface area contributed by atoms with Crippen molar-refractivity contribution in [2.24, 2.45) is 11.7 Å². The van der Waals surface area contributed by atoms with Crippen molar-refractivity contribution in [1.82, 2.24) is 5.32 Å². The number of carbonyl (C=O) groups is 1. The maximum Gasteiger partial charge on any atom is 0.237 e. The lowest BCUT2D eigenvalue weighted by Crippen LogP contribution is -2.50. The summed E-state index contributed by atoms with van der Waals surface area (Å²) in [5, 5.41) is 3.16. The summed E-state index contributed by atoms with van der Waals surface area (Å²) < 4.78 is 5.48. The van der Waals surface area contributed by atoms with E-state index < -0.39 is 6.04 Å². The van der Waals surface area contributed by atoms with Crippen LogP contribution < -0.4 is 11.1 Å². The van der Waals surface area contributed by atoms with Gasteiger partial charge in [0.25, 0.3) is 0 Å². The molecule has 1 heterocycles. The average molecular weight is 385 g/mol. The van der Waals surface area contributed by atoms with Crippen molar-refractivity contribution in [2.45, 2.75) is 54.2 Å². The fraction of sp³-hybridized carbons (Fsp3) is 0.632. The van der Waals surface area contributed by atoms with Gasteiger partial charge in [-0.1, -0.05) is 31.0 Å². The Morgan fingerprint density at radius 1 is 1.24 bits per heavy atom. The van der Waals surface area contributed by atoms with Gasteiger partial charge in [-0.05, 0) is 43.7 Å². The van der Waals surface area contributed by atoms with E-state index >= 15 is 0 Å². The third kappa shape index (κ3) is 5.61. The van der Waals surface area contributed by atoms with Crippen LogP contribution in [-0.2, 0) is 9.53 Å². The van der Waals surface area contributed by atoms with Crippen LogP contribution in [0.4, 0.5) is 0 Å². The maximum atomic E-state index is 12.5. The van der Waals surface area contributed by atoms with Crippen LogP contribution in [0.25, 0.3) is 0 Å². The van der Waals surface area contributed by atoms with Crippen molar-refractivity contribution in [3.05, 3.63) is 30.3 Å². The molecule has 0 bridgehead atoms. The van der Waals surface area contributed by atoms with Crippen LogP contribution in [-0.4, -0.2) is 36.5 Å². The van der Waals surface area contributed by atoms with Crippen LogP contribution >= 0.6 is 24.2 Å². The lowest BCUT2D eigenvalue weighted by Gasteiger charge is -2.31. The molecule has 2 fully saturated rings. The molecule has 1 saturated heterocycles. The minimum Gasteiger partial charge on any atom is -0.381 e. The lowest BCUT2D eigenvalue weighted by atomic mass is 9.91. The summed E-state index contributed by atoms with van der Waals surface area (Å²) in [6.45, 7) is 2.15. The predicted octanol–water partition coefficient (Wildman–Crippen LogP) is 3.38. The van der Waals surface area contributed by atoms with E-state index in [2.05, 4.69) is 29.6 Å². The SMILES string of the molecule is Cl.NC(C(=O)NCC1(Sc2ccccc2)CCCC1)C1CCOCC1. The van der Waals surface area contributed by atoms with Gasteiger partial charge in [-0.3, -0.25) is 4.79 Å². The molecule has 140 valence electrons. The minimum atomic E-state index is -0.408. The molecule has 1 aromatic carbocycles. The Bertz CT molecular complexity index is 531. The number of nitrogens with one attached hydrogen (secondary N) is 1. The van der Waals surface area contributed by atoms with Gasteiger partial charge in [-0.2, -0.15) is 0 Å². The van der Waals surface area contributed by atoms with E-state index in [1.54, 1.807) is 0 Å². The molecule has 0 spiro atoms. The topological polar surface area (TPSA) is 64.4 Å². The molecule has 1 aliphatic carbocycles. The predicted molar refractivity (Wildman–Crippen MR) is 105 cm³/mol. The van der Waals surface area contributed by atoms with Crippen molar-refractivity contribution in [2.75, 3.05) is 19.8 Å². The fourth-order valence-corrected chi connectivity index (χ4v) is 5.16. The van der Waals surface area contributed by atoms with Gasteiger partial charge in [-0.15, -0.1) is 24.2 Å². The maximum absolute atomic E-state index is 12.5. The fourth-order valence-electron chi connectivity index (χ4n) is 3.73. The zero-order valence-corrected chi connectivity index (χ0v) is 16.2. The Kier molecular flexibility index (Phi) is 8.07. The summed E-state index contributed by atoms with van der Waals surface area (Å²) >= 11 is 1.91. The number of nitrogens with two attached hydrogens (primary N) is 1. The molecule has 1 unspecified atom stereocenters. The molecule has 4 nitrogen and oxygen atoms in total. The molecule has 1 amide bonds. The van der Waals surface area contributed by atoms with Gasteiger partial charge in [0.1, 0.15) is 0 Å². The van der Waals surface area contributed by atoms with E-state index in [0.717, 1.165) is 38.9 Å². The Hall–Kier alpha value is -0.750. The first kappa shape index (κ1) is 20.6. The summed E-state index contributed by atoms with van der Waals surface area (Å²) in [4.78, 5) is 13.8. The minimum absolute atomic E-state index is 0. The zero-order valence-electron chi connectivity index (χ0n) is 14.6. The third-order valence-electron chi connectivity index (χ3n) is 5.25. The summed E-state index contributed by atoms with van der Waals surface area (Å²) in [6.07, 6.45) is 6.55. The molecule has 3 N–H and O–H groups in total. The highest BCUT2D eigenvalue weighted by Crippen LogP contribution is 2.44. The number of amides is 1. The standard InChI is InChI=1S/C19H28N2O2S.ClH/c20-17(15-8-12-23-13-9-15)18(22)21-14-19(10-4-5-11-19)24-16-6-2-1-3-7-16;/h1-3,6-7,15,17H,4-5,8-14,20H2,(H,21,22);1H. The summed E-state index contributed by atoms with van der Waals surface area (Å²) in [6, 6.07) is 10.1. The summed E-state index contributed by atoms with van der Waals surface area (Å²) in [7, 11) is 0. The third-order valence-corrected chi connectivity index (χ3v) is 6.75. The Morgan fingerprint density at radius 3 is 2.52 bits per heavy atom. The van der Waals surface area contributed by atoms with Gasteiger partial charge >= 0.3 is 0 Å². The molecule has 6 heteroatoms. The first-order chi connectivity index (χ1) is 11.7. The second-order valence-corrected chi connectivity index (χ2v) is 8.54. The monoisotopic (exact) mass is 384 g/mol. The second kappa shape index (κ2) is 9.81. The molecular formula is C19H29ClN2O2S. The number of carbonyl (C=O) groups excluding carboxylic acids is 1. The first-order valence-corrected chi connectivity index (χ1v) is 9.85. The van der Waals surface area contributed by atoms with Crippen LogP contribution in [0.3, 0.4) is 0 Å². The molecule has 2 aliphatic rings. The molecule has 0 aromatic heterocycles. The second-order valence-electron chi connectivity index (χ2n) is 7.00. The number of rotatable bonds is 6. The van der Waals surface area contributed by atoms with Gasteiger partial charge in [0, 0.05) is 29.4 Å². The highest BCUT2D eigenvalue weighted by Gasteiger charge is 2.36. The van der Waals surface area contributed by atoms with Crippen molar-refractivity contribution in [3.8, 4) is 0 Å². The van der Waals surface area contributed by atoms with Crippen molar-refractivity contribution in [3.63, 3.8) is 0 Å². The highest BCUT2D eigenvalue weighted by molar-refractivity contribution is 8.00. The summed E-state index contributed by atoms with van der Waals surface area (Å²) in [5.41, 5.74) is 6.20. The van der Waals surface area contributed by atoms with Crippen LogP contribution in [0.15, 0.2) is 35.2 Å². The van der Waals surface area contributed by atoms with Crippen molar-refractivity contribution < 1.29 is 9.53 Å². The number of hydrogen-bond acceptors (Lipinski definition) is 4. The molecule has 0 radical (unpaired) electrons. The molecular weight excluding hydrogens is 356 g/mol. The van der Waals surface area contributed by atoms with E-state index in [9.17, 15) is 4.79 Å². The van der Waals surface area contributed by atoms with Gasteiger partial charge in [-0.25, -0.2) is 0 Å². The van der Waals surface area contributed by atoms with E-state index in [4.69, 9.17) is 10.5 Å². The number of hydrogen-bond donors (Lipinski definition) is 2. The molecule has 1 saturated carbocycles. The van der Waals surface area contributed by atoms with E-state index in [0.29, 0.717) is 6.54 Å². The van der Waals surface area contributed by atoms with Crippen molar-refractivity contribution >= 4 is 30.1 Å². The Morgan fingerprint density at radius 2 is 1.88 bits per heavy atom. The quantitative estimate of drug-likeness (QED) is 0.789. The van der Waals surface area contributed by atoms with E-state index in [-0.39, 0.29) is 29.0 Å². The normalized spacial score (nSPS) is 21.3. The number of halogens is 1. The number of benzene rings is 1. The first-order valence-electron chi connectivity index (χ1n) is 9.04. The van der Waals surface area contributed by atoms with Gasteiger partial charge in [0.05, 0.1) is 6.04 Å². The highest BCUT2D eigenvalue weighted by atomic mass is 35.5. The Labute approximate surface area is 161 Å². The van der Waals surface area contributed by atoms with Gasteiger partial charge < -0.3 is 15.8 Å². The number of thioether (sulfide) groups is 1. The lowest BCUT2D eigenvalue weighted by molar-refractivity contribution is -0.124. The van der Waals surface area contributed by atoms with Gasteiger partial charge in [0.2, 0.25) is 5.91 Å². The molecule has 1 atom stereocenters. The average Bonchev–Trinajstić information content (AvgIpc) is 3.09. The smallest absolute Gasteiger partial charge is 0.237 e. The van der Waals surface area contributed by atoms with Crippen molar-refractivity contribution in [1.29, 1.82) is 0 Å². The van der Waals surface area contributed by atoms with E-state index in [1.807, 2.05) is 17.8 Å². The zero-order chi connectivity index (χ0) is 16.8. The molecule has 25 heavy (non-hydrogen) atoms. The van der Waals surface area contributed by atoms with Crippen LogP contribution in [0, 0.1) is 5.92 Å². The molecule has 1 aromatic rings. The van der Waals surface area contributed by atoms with Crippen LogP contribution in [0.1, 0.15) is 38.5 Å². The van der Waals surface area contributed by atoms with Gasteiger partial charge in [0.15, 0.2) is 0 Å². The van der Waals surface area contributed by atoms with Crippen LogP contribution in [0.5, 0.6) is 0 Å². The summed E-state index contributed by atoms with van der Waals surface area (Å²) in [5.74, 6) is 0.252. The Balaban J connectivity index is 0.00000225. The van der Waals surface area contributed by atoms with Crippen LogP contribution in [0.2, 0.25) is 0 Å². The number of ether oxygens (including phenoxy) is 1. The molecule has 3 rings (SSSR count). The largest absolute Gasteiger partial charge is 0.381 e. The van der Waals surface area contributed by atoms with E-state index in [1.165, 1.54) is 17.7 Å².